The number of aromatic nitrogens is 1. The van der Waals surface area contributed by atoms with E-state index in [1.165, 1.54) is 17.7 Å². The fourth-order valence-electron chi connectivity index (χ4n) is 2.31. The summed E-state index contributed by atoms with van der Waals surface area (Å²) >= 11 is 1.96. The monoisotopic (exact) mass is 332 g/mol. The van der Waals surface area contributed by atoms with Crippen LogP contribution >= 0.6 is 23.0 Å². The molecule has 0 amide bonds. The van der Waals surface area contributed by atoms with E-state index in [-0.39, 0.29) is 0 Å². The van der Waals surface area contributed by atoms with E-state index in [1.54, 1.807) is 0 Å². The van der Waals surface area contributed by atoms with Gasteiger partial charge in [-0.15, -0.1) is 0 Å². The molecule has 1 unspecified atom stereocenters. The minimum absolute atomic E-state index is 0.613. The van der Waals surface area contributed by atoms with E-state index in [4.69, 9.17) is 3.07 Å². The summed E-state index contributed by atoms with van der Waals surface area (Å²) in [4.78, 5) is 6.91. The van der Waals surface area contributed by atoms with Crippen LogP contribution in [0.1, 0.15) is 23.4 Å². The van der Waals surface area contributed by atoms with Crippen molar-refractivity contribution in [2.45, 2.75) is 32.2 Å². The van der Waals surface area contributed by atoms with Gasteiger partial charge in [-0.25, -0.2) is 0 Å². The van der Waals surface area contributed by atoms with Crippen molar-refractivity contribution in [1.82, 2.24) is 9.88 Å². The first-order valence-corrected chi connectivity index (χ1v) is 6.44. The molecule has 4 heteroatoms. The van der Waals surface area contributed by atoms with Crippen molar-refractivity contribution in [2.75, 3.05) is 14.1 Å². The Hall–Kier alpha value is -0.360. The molecule has 1 heterocycles. The van der Waals surface area contributed by atoms with E-state index in [0.29, 0.717) is 6.04 Å². The van der Waals surface area contributed by atoms with E-state index in [0.717, 1.165) is 24.3 Å². The van der Waals surface area contributed by atoms with E-state index in [2.05, 4.69) is 24.0 Å². The number of halogens is 1. The molecule has 0 radical (unpaired) electrons. The third kappa shape index (κ3) is 2.32. The Morgan fingerprint density at radius 2 is 2.25 bits per heavy atom. The Morgan fingerprint density at radius 1 is 1.50 bits per heavy atom. The largest absolute Gasteiger partial charge is 0.427 e. The Kier molecular flexibility index (Phi) is 3.69. The van der Waals surface area contributed by atoms with Crippen LogP contribution in [0.15, 0.2) is 6.07 Å². The van der Waals surface area contributed by atoms with E-state index < -0.39 is 0 Å². The van der Waals surface area contributed by atoms with Crippen LogP contribution in [0.25, 0.3) is 0 Å². The summed E-state index contributed by atoms with van der Waals surface area (Å²) in [5.41, 5.74) is 3.57. The minimum atomic E-state index is 0.613. The summed E-state index contributed by atoms with van der Waals surface area (Å²) in [6.07, 6.45) is 3.30. The van der Waals surface area contributed by atoms with Gasteiger partial charge in [0.2, 0.25) is 0 Å². The summed E-state index contributed by atoms with van der Waals surface area (Å²) in [5, 5.41) is 0. The van der Waals surface area contributed by atoms with Crippen LogP contribution in [0.2, 0.25) is 0 Å². The molecule has 3 nitrogen and oxygen atoms in total. The molecule has 0 saturated carbocycles. The second-order valence-corrected chi connectivity index (χ2v) is 5.06. The first kappa shape index (κ1) is 12.1. The maximum Gasteiger partial charge on any atom is 0.192 e. The van der Waals surface area contributed by atoms with Crippen molar-refractivity contribution in [3.05, 3.63) is 23.0 Å². The maximum atomic E-state index is 5.43. The Balaban J connectivity index is 2.36. The highest BCUT2D eigenvalue weighted by molar-refractivity contribution is 14.1. The molecule has 1 aromatic rings. The van der Waals surface area contributed by atoms with Gasteiger partial charge >= 0.3 is 0 Å². The molecule has 0 aromatic carbocycles. The molecule has 0 bridgehead atoms. The highest BCUT2D eigenvalue weighted by atomic mass is 127. The third-order valence-corrected chi connectivity index (χ3v) is 3.74. The van der Waals surface area contributed by atoms with Crippen molar-refractivity contribution in [1.29, 1.82) is 0 Å². The summed E-state index contributed by atoms with van der Waals surface area (Å²) < 4.78 is 5.43. The van der Waals surface area contributed by atoms with Crippen LogP contribution in [0.3, 0.4) is 0 Å². The van der Waals surface area contributed by atoms with Gasteiger partial charge in [0.05, 0.1) is 0 Å². The van der Waals surface area contributed by atoms with Crippen LogP contribution in [0, 0.1) is 6.92 Å². The lowest BCUT2D eigenvalue weighted by molar-refractivity contribution is 0.265. The van der Waals surface area contributed by atoms with Crippen LogP contribution < -0.4 is 3.07 Å². The Labute approximate surface area is 111 Å². The van der Waals surface area contributed by atoms with Gasteiger partial charge in [-0.3, -0.25) is 4.98 Å². The summed E-state index contributed by atoms with van der Waals surface area (Å²) in [5.74, 6) is 0.995. The Bertz CT molecular complexity index is 376. The molecule has 16 heavy (non-hydrogen) atoms. The highest BCUT2D eigenvalue weighted by Crippen LogP contribution is 2.31. The molecule has 1 aliphatic carbocycles. The van der Waals surface area contributed by atoms with Crippen LogP contribution in [0.4, 0.5) is 0 Å². The van der Waals surface area contributed by atoms with Crippen molar-refractivity contribution < 1.29 is 3.07 Å². The van der Waals surface area contributed by atoms with Crippen LogP contribution in [0.5, 0.6) is 5.75 Å². The summed E-state index contributed by atoms with van der Waals surface area (Å²) in [7, 11) is 4.28. The normalized spacial score (nSPS) is 19.7. The van der Waals surface area contributed by atoms with E-state index in [1.807, 2.05) is 36.0 Å². The fourth-order valence-corrected chi connectivity index (χ4v) is 2.70. The topological polar surface area (TPSA) is 25.4 Å². The molecule has 0 aliphatic heterocycles. The van der Waals surface area contributed by atoms with Gasteiger partial charge in [0.25, 0.3) is 0 Å². The average molecular weight is 332 g/mol. The first-order valence-electron chi connectivity index (χ1n) is 5.56. The molecule has 0 saturated heterocycles. The number of pyridine rings is 1. The predicted octanol–water partition coefficient (Wildman–Crippen LogP) is 2.54. The quantitative estimate of drug-likeness (QED) is 0.779. The van der Waals surface area contributed by atoms with Crippen molar-refractivity contribution in [2.24, 2.45) is 0 Å². The SMILES string of the molecule is Cc1cc(OI)c2c(n1)CCC(N(C)C)C2. The predicted molar refractivity (Wildman–Crippen MR) is 73.1 cm³/mol. The highest BCUT2D eigenvalue weighted by Gasteiger charge is 2.24. The lowest BCUT2D eigenvalue weighted by Crippen LogP contribution is -2.34. The zero-order chi connectivity index (χ0) is 11.7. The molecule has 88 valence electrons. The smallest absolute Gasteiger partial charge is 0.192 e. The second-order valence-electron chi connectivity index (χ2n) is 4.62. The lowest BCUT2D eigenvalue weighted by Gasteiger charge is -2.30. The number of nitrogens with zero attached hydrogens (tertiary/aromatic N) is 2. The summed E-state index contributed by atoms with van der Waals surface area (Å²) in [6.45, 7) is 2.03. The standard InChI is InChI=1S/C12H17IN2O/c1-8-6-12(16-13)10-7-9(15(2)3)4-5-11(10)14-8/h6,9H,4-5,7H2,1-3H3. The number of hydrogen-bond donors (Lipinski definition) is 0. The molecule has 1 atom stereocenters. The maximum absolute atomic E-state index is 5.43. The van der Waals surface area contributed by atoms with Gasteiger partial charge in [0, 0.05) is 29.1 Å². The van der Waals surface area contributed by atoms with Gasteiger partial charge in [-0.1, -0.05) is 0 Å². The summed E-state index contributed by atoms with van der Waals surface area (Å²) in [6, 6.07) is 2.64. The second kappa shape index (κ2) is 4.87. The minimum Gasteiger partial charge on any atom is -0.427 e. The Morgan fingerprint density at radius 3 is 2.88 bits per heavy atom. The fraction of sp³-hybridized carbons (Fsp3) is 0.583. The zero-order valence-electron chi connectivity index (χ0n) is 9.96. The van der Waals surface area contributed by atoms with E-state index >= 15 is 0 Å². The molecule has 0 fully saturated rings. The van der Waals surface area contributed by atoms with Gasteiger partial charge in [0.1, 0.15) is 5.75 Å². The van der Waals surface area contributed by atoms with Gasteiger partial charge < -0.3 is 7.97 Å². The van der Waals surface area contributed by atoms with Crippen molar-refractivity contribution in [3.8, 4) is 5.75 Å². The zero-order valence-corrected chi connectivity index (χ0v) is 12.1. The molecular weight excluding hydrogens is 315 g/mol. The van der Waals surface area contributed by atoms with Crippen molar-refractivity contribution in [3.63, 3.8) is 0 Å². The lowest BCUT2D eigenvalue weighted by atomic mass is 9.90. The van der Waals surface area contributed by atoms with Crippen LogP contribution in [-0.2, 0) is 12.8 Å². The number of hydrogen-bond acceptors (Lipinski definition) is 3. The van der Waals surface area contributed by atoms with Crippen LogP contribution in [-0.4, -0.2) is 30.0 Å². The number of rotatable bonds is 2. The number of aryl methyl sites for hydroxylation is 2. The number of likely N-dealkylation sites (N-methyl/N-ethyl adjacent to an activating group) is 1. The molecular formula is C12H17IN2O. The van der Waals surface area contributed by atoms with Gasteiger partial charge in [-0.2, -0.15) is 0 Å². The van der Waals surface area contributed by atoms with Gasteiger partial charge in [-0.05, 0) is 40.3 Å². The van der Waals surface area contributed by atoms with Crippen molar-refractivity contribution >= 4 is 23.0 Å². The molecule has 1 aliphatic rings. The molecule has 2 rings (SSSR count). The van der Waals surface area contributed by atoms with Gasteiger partial charge in [0.15, 0.2) is 23.0 Å². The average Bonchev–Trinajstić information content (AvgIpc) is 2.27. The molecule has 0 N–H and O–H groups in total. The van der Waals surface area contributed by atoms with E-state index in [9.17, 15) is 0 Å². The molecule has 1 aromatic heterocycles. The third-order valence-electron chi connectivity index (χ3n) is 3.26. The first-order chi connectivity index (χ1) is 7.61. The molecule has 0 spiro atoms. The number of fused-ring (bicyclic) bond motifs is 1.